The first-order chi connectivity index (χ1) is 10.7. The number of pyridine rings is 1. The molecule has 0 fully saturated rings. The number of aliphatic imine (C=N–C) groups is 1. The molecule has 1 heterocycles. The van der Waals surface area contributed by atoms with Gasteiger partial charge in [-0.25, -0.2) is 4.99 Å². The van der Waals surface area contributed by atoms with E-state index in [-0.39, 0.29) is 6.61 Å². The van der Waals surface area contributed by atoms with E-state index in [1.807, 2.05) is 6.07 Å². The smallest absolute Gasteiger partial charge is 0.191 e. The van der Waals surface area contributed by atoms with Crippen molar-refractivity contribution < 1.29 is 5.11 Å². The minimum atomic E-state index is 0.243. The second-order valence-electron chi connectivity index (χ2n) is 5.51. The molecule has 1 aromatic rings. The van der Waals surface area contributed by atoms with Crippen molar-refractivity contribution in [1.82, 2.24) is 15.6 Å². The Labute approximate surface area is 134 Å². The molecule has 0 aliphatic heterocycles. The Morgan fingerprint density at radius 3 is 2.77 bits per heavy atom. The average Bonchev–Trinajstić information content (AvgIpc) is 2.51. The van der Waals surface area contributed by atoms with Gasteiger partial charge in [0.15, 0.2) is 5.96 Å². The number of rotatable bonds is 9. The van der Waals surface area contributed by atoms with Crippen LogP contribution in [0, 0.1) is 12.8 Å². The molecule has 0 aliphatic rings. The monoisotopic (exact) mass is 306 g/mol. The molecule has 0 aliphatic carbocycles. The fourth-order valence-electron chi connectivity index (χ4n) is 2.36. The van der Waals surface area contributed by atoms with Crippen LogP contribution in [-0.2, 0) is 6.54 Å². The zero-order chi connectivity index (χ0) is 16.2. The van der Waals surface area contributed by atoms with Crippen molar-refractivity contribution in [3.63, 3.8) is 0 Å². The number of aromatic nitrogens is 1. The molecule has 0 bridgehead atoms. The van der Waals surface area contributed by atoms with Gasteiger partial charge in [0.25, 0.3) is 0 Å². The molecule has 1 atom stereocenters. The van der Waals surface area contributed by atoms with E-state index in [1.165, 1.54) is 0 Å². The number of aliphatic hydroxyl groups excluding tert-OH is 1. The van der Waals surface area contributed by atoms with Crippen molar-refractivity contribution in [2.45, 2.75) is 46.6 Å². The first kappa shape index (κ1) is 18.4. The van der Waals surface area contributed by atoms with E-state index in [0.29, 0.717) is 12.5 Å². The summed E-state index contributed by atoms with van der Waals surface area (Å²) in [6, 6.07) is 3.99. The maximum atomic E-state index is 9.13. The predicted molar refractivity (Wildman–Crippen MR) is 91.9 cm³/mol. The fraction of sp³-hybridized carbons (Fsp3) is 0.647. The second kappa shape index (κ2) is 11.0. The van der Waals surface area contributed by atoms with E-state index in [4.69, 9.17) is 5.11 Å². The normalized spacial score (nSPS) is 13.0. The summed E-state index contributed by atoms with van der Waals surface area (Å²) in [5.41, 5.74) is 2.16. The van der Waals surface area contributed by atoms with E-state index >= 15 is 0 Å². The standard InChI is InChI=1S/C17H30N4O/c1-4-7-15(9-11-22)12-20-17(18-5-2)21-13-16-14(3)8-6-10-19-16/h6,8,10,15,22H,4-5,7,9,11-13H2,1-3H3,(H2,18,20,21). The SMILES string of the molecule is CCCC(CCO)CNC(=NCc1ncccc1C)NCC. The van der Waals surface area contributed by atoms with Crippen LogP contribution in [0.1, 0.15) is 44.4 Å². The lowest BCUT2D eigenvalue weighted by molar-refractivity contribution is 0.251. The van der Waals surface area contributed by atoms with Crippen LogP contribution >= 0.6 is 0 Å². The third-order valence-electron chi connectivity index (χ3n) is 3.64. The Morgan fingerprint density at radius 1 is 1.32 bits per heavy atom. The summed E-state index contributed by atoms with van der Waals surface area (Å²) in [6.45, 7) is 8.76. The lowest BCUT2D eigenvalue weighted by Crippen LogP contribution is -2.40. The van der Waals surface area contributed by atoms with Crippen LogP contribution in [0.5, 0.6) is 0 Å². The molecule has 0 radical (unpaired) electrons. The summed E-state index contributed by atoms with van der Waals surface area (Å²) in [4.78, 5) is 8.97. The van der Waals surface area contributed by atoms with Crippen LogP contribution in [0.15, 0.2) is 23.3 Å². The number of hydrogen-bond acceptors (Lipinski definition) is 3. The molecular formula is C17H30N4O. The van der Waals surface area contributed by atoms with Crippen LogP contribution in [0.2, 0.25) is 0 Å². The van der Waals surface area contributed by atoms with Gasteiger partial charge < -0.3 is 15.7 Å². The molecule has 1 rings (SSSR count). The van der Waals surface area contributed by atoms with Crippen molar-refractivity contribution in [2.24, 2.45) is 10.9 Å². The third kappa shape index (κ3) is 6.89. The van der Waals surface area contributed by atoms with Gasteiger partial charge in [-0.15, -0.1) is 0 Å². The van der Waals surface area contributed by atoms with Crippen molar-refractivity contribution in [3.05, 3.63) is 29.6 Å². The van der Waals surface area contributed by atoms with Crippen molar-refractivity contribution in [3.8, 4) is 0 Å². The van der Waals surface area contributed by atoms with Crippen LogP contribution in [0.3, 0.4) is 0 Å². The Hall–Kier alpha value is -1.62. The Morgan fingerprint density at radius 2 is 2.14 bits per heavy atom. The van der Waals surface area contributed by atoms with E-state index in [2.05, 4.69) is 47.4 Å². The van der Waals surface area contributed by atoms with Crippen LogP contribution in [0.4, 0.5) is 0 Å². The molecule has 0 saturated carbocycles. The highest BCUT2D eigenvalue weighted by molar-refractivity contribution is 5.79. The van der Waals surface area contributed by atoms with Crippen molar-refractivity contribution in [2.75, 3.05) is 19.7 Å². The van der Waals surface area contributed by atoms with Gasteiger partial charge in [-0.2, -0.15) is 0 Å². The Balaban J connectivity index is 2.60. The predicted octanol–water partition coefficient (Wildman–Crippen LogP) is 2.24. The number of aliphatic hydroxyl groups is 1. The van der Waals surface area contributed by atoms with Gasteiger partial charge >= 0.3 is 0 Å². The zero-order valence-electron chi connectivity index (χ0n) is 14.1. The van der Waals surface area contributed by atoms with E-state index < -0.39 is 0 Å². The quantitative estimate of drug-likeness (QED) is 0.483. The van der Waals surface area contributed by atoms with Gasteiger partial charge in [0.05, 0.1) is 12.2 Å². The van der Waals surface area contributed by atoms with Crippen LogP contribution in [-0.4, -0.2) is 35.7 Å². The molecule has 1 unspecified atom stereocenters. The molecule has 5 nitrogen and oxygen atoms in total. The summed E-state index contributed by atoms with van der Waals surface area (Å²) in [5, 5.41) is 15.8. The molecule has 0 amide bonds. The van der Waals surface area contributed by atoms with Crippen LogP contribution in [0.25, 0.3) is 0 Å². The molecular weight excluding hydrogens is 276 g/mol. The minimum Gasteiger partial charge on any atom is -0.396 e. The largest absolute Gasteiger partial charge is 0.396 e. The fourth-order valence-corrected chi connectivity index (χ4v) is 2.36. The van der Waals surface area contributed by atoms with E-state index in [0.717, 1.165) is 49.6 Å². The first-order valence-electron chi connectivity index (χ1n) is 8.24. The molecule has 0 aromatic carbocycles. The molecule has 3 N–H and O–H groups in total. The summed E-state index contributed by atoms with van der Waals surface area (Å²) in [7, 11) is 0. The Bertz CT molecular complexity index is 442. The number of hydrogen-bond donors (Lipinski definition) is 3. The third-order valence-corrected chi connectivity index (χ3v) is 3.64. The lowest BCUT2D eigenvalue weighted by Gasteiger charge is -2.18. The van der Waals surface area contributed by atoms with Gasteiger partial charge in [0.2, 0.25) is 0 Å². The topological polar surface area (TPSA) is 69.5 Å². The summed E-state index contributed by atoms with van der Waals surface area (Å²) < 4.78 is 0. The van der Waals surface area contributed by atoms with Gasteiger partial charge in [-0.05, 0) is 44.2 Å². The highest BCUT2D eigenvalue weighted by atomic mass is 16.3. The Kier molecular flexibility index (Phi) is 9.23. The number of aryl methyl sites for hydroxylation is 1. The van der Waals surface area contributed by atoms with E-state index in [1.54, 1.807) is 6.20 Å². The molecule has 1 aromatic heterocycles. The molecule has 124 valence electrons. The summed E-state index contributed by atoms with van der Waals surface area (Å²) in [5.74, 6) is 1.29. The molecule has 0 spiro atoms. The summed E-state index contributed by atoms with van der Waals surface area (Å²) in [6.07, 6.45) is 4.88. The van der Waals surface area contributed by atoms with Crippen LogP contribution < -0.4 is 10.6 Å². The molecule has 0 saturated heterocycles. The maximum Gasteiger partial charge on any atom is 0.191 e. The van der Waals surface area contributed by atoms with E-state index in [9.17, 15) is 0 Å². The van der Waals surface area contributed by atoms with Gasteiger partial charge in [0.1, 0.15) is 0 Å². The minimum absolute atomic E-state index is 0.243. The lowest BCUT2D eigenvalue weighted by atomic mass is 10.0. The first-order valence-corrected chi connectivity index (χ1v) is 8.24. The van der Waals surface area contributed by atoms with Gasteiger partial charge in [-0.3, -0.25) is 4.98 Å². The maximum absolute atomic E-state index is 9.13. The average molecular weight is 306 g/mol. The van der Waals surface area contributed by atoms with Crippen molar-refractivity contribution in [1.29, 1.82) is 0 Å². The number of nitrogens with one attached hydrogen (secondary N) is 2. The van der Waals surface area contributed by atoms with Crippen molar-refractivity contribution >= 4 is 5.96 Å². The highest BCUT2D eigenvalue weighted by Crippen LogP contribution is 2.09. The zero-order valence-corrected chi connectivity index (χ0v) is 14.1. The van der Waals surface area contributed by atoms with Gasteiger partial charge in [0, 0.05) is 25.9 Å². The second-order valence-corrected chi connectivity index (χ2v) is 5.51. The highest BCUT2D eigenvalue weighted by Gasteiger charge is 2.08. The molecule has 5 heteroatoms. The summed E-state index contributed by atoms with van der Waals surface area (Å²) >= 11 is 0. The number of nitrogens with zero attached hydrogens (tertiary/aromatic N) is 2. The molecule has 22 heavy (non-hydrogen) atoms. The number of guanidine groups is 1. The van der Waals surface area contributed by atoms with Gasteiger partial charge in [-0.1, -0.05) is 19.4 Å².